The van der Waals surface area contributed by atoms with Gasteiger partial charge in [0.2, 0.25) is 5.91 Å². The Morgan fingerprint density at radius 3 is 2.31 bits per heavy atom. The number of likely N-dealkylation sites (tertiary alicyclic amines) is 1. The van der Waals surface area contributed by atoms with Crippen molar-refractivity contribution >= 4 is 11.9 Å². The first-order valence-electron chi connectivity index (χ1n) is 6.13. The maximum Gasteiger partial charge on any atom is 0.306 e. The first-order chi connectivity index (χ1) is 7.59. The van der Waals surface area contributed by atoms with Crippen LogP contribution >= 0.6 is 0 Å². The number of rotatable bonds is 2. The molecule has 1 heterocycles. The highest BCUT2D eigenvalue weighted by atomic mass is 16.4. The van der Waals surface area contributed by atoms with E-state index in [1.807, 2.05) is 11.8 Å². The summed E-state index contributed by atoms with van der Waals surface area (Å²) in [6, 6.07) is 0.0861. The lowest BCUT2D eigenvalue weighted by Gasteiger charge is -2.40. The molecule has 4 heteroatoms. The number of aliphatic carboxylic acids is 1. The van der Waals surface area contributed by atoms with Crippen molar-refractivity contribution in [3.63, 3.8) is 0 Å². The van der Waals surface area contributed by atoms with Gasteiger partial charge in [-0.3, -0.25) is 9.59 Å². The first kappa shape index (κ1) is 11.4. The lowest BCUT2D eigenvalue weighted by atomic mass is 9.82. The van der Waals surface area contributed by atoms with Crippen LogP contribution < -0.4 is 0 Å². The van der Waals surface area contributed by atoms with Gasteiger partial charge < -0.3 is 10.0 Å². The fourth-order valence-electron chi connectivity index (χ4n) is 2.61. The summed E-state index contributed by atoms with van der Waals surface area (Å²) in [5.74, 6) is -0.505. The van der Waals surface area contributed by atoms with Crippen molar-refractivity contribution in [3.05, 3.63) is 0 Å². The minimum absolute atomic E-state index is 0.0861. The summed E-state index contributed by atoms with van der Waals surface area (Å²) < 4.78 is 0. The topological polar surface area (TPSA) is 57.6 Å². The fourth-order valence-corrected chi connectivity index (χ4v) is 2.61. The summed E-state index contributed by atoms with van der Waals surface area (Å²) in [4.78, 5) is 24.8. The summed E-state index contributed by atoms with van der Waals surface area (Å²) >= 11 is 0. The average molecular weight is 225 g/mol. The molecule has 1 N–H and O–H groups in total. The molecule has 1 saturated carbocycles. The number of carbonyl (C=O) groups excluding carboxylic acids is 1. The van der Waals surface area contributed by atoms with Crippen LogP contribution in [-0.4, -0.2) is 34.5 Å². The quantitative estimate of drug-likeness (QED) is 0.774. The third-order valence-corrected chi connectivity index (χ3v) is 3.96. The van der Waals surface area contributed by atoms with Gasteiger partial charge in [0, 0.05) is 18.5 Å². The Bertz CT molecular complexity index is 299. The Hall–Kier alpha value is -1.06. The molecule has 2 atom stereocenters. The molecule has 0 aromatic rings. The van der Waals surface area contributed by atoms with Crippen LogP contribution in [-0.2, 0) is 9.59 Å². The maximum absolute atomic E-state index is 12.0. The van der Waals surface area contributed by atoms with Crippen LogP contribution in [0.5, 0.6) is 0 Å². The minimum Gasteiger partial charge on any atom is -0.481 e. The van der Waals surface area contributed by atoms with Gasteiger partial charge in [-0.1, -0.05) is 6.42 Å². The normalized spacial score (nSPS) is 30.9. The fraction of sp³-hybridized carbons (Fsp3) is 0.833. The van der Waals surface area contributed by atoms with E-state index in [1.54, 1.807) is 0 Å². The molecular weight excluding hydrogens is 206 g/mol. The molecule has 2 aliphatic rings. The van der Waals surface area contributed by atoms with Gasteiger partial charge in [0.15, 0.2) is 0 Å². The Labute approximate surface area is 95.6 Å². The lowest BCUT2D eigenvalue weighted by molar-refractivity contribution is -0.150. The second-order valence-corrected chi connectivity index (χ2v) is 5.07. The van der Waals surface area contributed by atoms with Gasteiger partial charge in [0.1, 0.15) is 0 Å². The number of nitrogens with zero attached hydrogens (tertiary/aromatic N) is 1. The summed E-state index contributed by atoms with van der Waals surface area (Å²) in [5.41, 5.74) is 0. The number of hydrogen-bond acceptors (Lipinski definition) is 2. The van der Waals surface area contributed by atoms with E-state index in [-0.39, 0.29) is 23.8 Å². The van der Waals surface area contributed by atoms with Gasteiger partial charge in [-0.25, -0.2) is 0 Å². The van der Waals surface area contributed by atoms with Crippen LogP contribution in [0.1, 0.15) is 39.0 Å². The van der Waals surface area contributed by atoms with Crippen molar-refractivity contribution in [2.45, 2.75) is 45.1 Å². The van der Waals surface area contributed by atoms with E-state index in [9.17, 15) is 9.59 Å². The van der Waals surface area contributed by atoms with Crippen molar-refractivity contribution in [2.75, 3.05) is 6.54 Å². The lowest BCUT2D eigenvalue weighted by Crippen LogP contribution is -2.49. The number of piperidine rings is 1. The first-order valence-corrected chi connectivity index (χ1v) is 6.13. The van der Waals surface area contributed by atoms with Gasteiger partial charge in [-0.2, -0.15) is 0 Å². The molecule has 0 spiro atoms. The van der Waals surface area contributed by atoms with Crippen LogP contribution in [0.3, 0.4) is 0 Å². The monoisotopic (exact) mass is 225 g/mol. The van der Waals surface area contributed by atoms with Gasteiger partial charge in [0.05, 0.1) is 5.92 Å². The molecule has 2 rings (SSSR count). The van der Waals surface area contributed by atoms with E-state index >= 15 is 0 Å². The van der Waals surface area contributed by atoms with Crippen molar-refractivity contribution in [3.8, 4) is 0 Å². The molecule has 0 aromatic carbocycles. The average Bonchev–Trinajstić information content (AvgIpc) is 2.14. The van der Waals surface area contributed by atoms with Gasteiger partial charge in [-0.15, -0.1) is 0 Å². The van der Waals surface area contributed by atoms with Gasteiger partial charge in [0.25, 0.3) is 0 Å². The molecule has 1 saturated heterocycles. The van der Waals surface area contributed by atoms with E-state index in [1.165, 1.54) is 0 Å². The van der Waals surface area contributed by atoms with Gasteiger partial charge in [-0.05, 0) is 32.6 Å². The number of amides is 1. The number of carbonyl (C=O) groups is 2. The van der Waals surface area contributed by atoms with E-state index in [0.717, 1.165) is 19.3 Å². The van der Waals surface area contributed by atoms with Crippen LogP contribution in [0.15, 0.2) is 0 Å². The predicted octanol–water partition coefficient (Wildman–Crippen LogP) is 1.50. The van der Waals surface area contributed by atoms with Gasteiger partial charge >= 0.3 is 5.97 Å². The van der Waals surface area contributed by atoms with E-state index in [2.05, 4.69) is 0 Å². The second-order valence-electron chi connectivity index (χ2n) is 5.07. The van der Waals surface area contributed by atoms with E-state index in [0.29, 0.717) is 19.4 Å². The highest BCUT2D eigenvalue weighted by Gasteiger charge is 2.36. The Kier molecular flexibility index (Phi) is 3.17. The molecule has 1 aliphatic carbocycles. The van der Waals surface area contributed by atoms with Crippen LogP contribution in [0.2, 0.25) is 0 Å². The number of carboxylic acid groups (broad SMARTS) is 1. The molecule has 0 bridgehead atoms. The van der Waals surface area contributed by atoms with Crippen LogP contribution in [0.4, 0.5) is 0 Å². The van der Waals surface area contributed by atoms with Crippen molar-refractivity contribution in [1.29, 1.82) is 0 Å². The molecule has 90 valence electrons. The SMILES string of the molecule is CC1CC(C(=O)O)CCN1C(=O)C1CCC1. The Morgan fingerprint density at radius 2 is 1.88 bits per heavy atom. The minimum atomic E-state index is -0.720. The molecule has 2 fully saturated rings. The summed E-state index contributed by atoms with van der Waals surface area (Å²) in [7, 11) is 0. The maximum atomic E-state index is 12.0. The Morgan fingerprint density at radius 1 is 1.19 bits per heavy atom. The highest BCUT2D eigenvalue weighted by Crippen LogP contribution is 2.31. The van der Waals surface area contributed by atoms with Crippen molar-refractivity contribution in [1.82, 2.24) is 4.90 Å². The molecular formula is C12H19NO3. The molecule has 0 aromatic heterocycles. The zero-order valence-electron chi connectivity index (χ0n) is 9.69. The zero-order valence-corrected chi connectivity index (χ0v) is 9.69. The predicted molar refractivity (Wildman–Crippen MR) is 58.9 cm³/mol. The summed E-state index contributed by atoms with van der Waals surface area (Å²) in [6.07, 6.45) is 4.41. The highest BCUT2D eigenvalue weighted by molar-refractivity contribution is 5.80. The molecule has 1 amide bonds. The summed E-state index contributed by atoms with van der Waals surface area (Å²) in [5, 5.41) is 8.94. The van der Waals surface area contributed by atoms with E-state index in [4.69, 9.17) is 5.11 Å². The zero-order chi connectivity index (χ0) is 11.7. The number of carboxylic acids is 1. The van der Waals surface area contributed by atoms with Crippen molar-refractivity contribution < 1.29 is 14.7 Å². The van der Waals surface area contributed by atoms with Crippen molar-refractivity contribution in [2.24, 2.45) is 11.8 Å². The molecule has 4 nitrogen and oxygen atoms in total. The number of hydrogen-bond donors (Lipinski definition) is 1. The Balaban J connectivity index is 1.93. The molecule has 16 heavy (non-hydrogen) atoms. The standard InChI is InChI=1S/C12H19NO3/c1-8-7-10(12(15)16)5-6-13(8)11(14)9-3-2-4-9/h8-10H,2-7H2,1H3,(H,15,16). The molecule has 0 radical (unpaired) electrons. The summed E-state index contributed by atoms with van der Waals surface area (Å²) in [6.45, 7) is 2.58. The third kappa shape index (κ3) is 2.06. The third-order valence-electron chi connectivity index (χ3n) is 3.96. The second kappa shape index (κ2) is 4.44. The smallest absolute Gasteiger partial charge is 0.306 e. The van der Waals surface area contributed by atoms with Crippen LogP contribution in [0, 0.1) is 11.8 Å². The molecule has 2 unspecified atom stereocenters. The van der Waals surface area contributed by atoms with E-state index < -0.39 is 5.97 Å². The molecule has 1 aliphatic heterocycles. The largest absolute Gasteiger partial charge is 0.481 e. The van der Waals surface area contributed by atoms with Crippen LogP contribution in [0.25, 0.3) is 0 Å².